The number of aromatic carboxylic acids is 1. The van der Waals surface area contributed by atoms with Gasteiger partial charge in [-0.3, -0.25) is 19.6 Å². The SMILES string of the molecule is CCOc1ccccc1-c1ccc(CC(=O)NCc2cccc(C)c2)cn1.Cc1cccc(CNC(=O)Cc2ccc(-c3ccc(C(=O)O)cc3)nc2)c1. The summed E-state index contributed by atoms with van der Waals surface area (Å²) in [7, 11) is 0. The minimum atomic E-state index is -0.957. The molecule has 2 aromatic heterocycles. The van der Waals surface area contributed by atoms with Gasteiger partial charge in [-0.2, -0.15) is 0 Å². The Morgan fingerprint density at radius 3 is 1.63 bits per heavy atom. The number of carbonyl (C=O) groups excluding carboxylic acids is 2. The molecule has 9 nitrogen and oxygen atoms in total. The maximum absolute atomic E-state index is 12.2. The lowest BCUT2D eigenvalue weighted by atomic mass is 10.1. The molecule has 0 aliphatic heterocycles. The summed E-state index contributed by atoms with van der Waals surface area (Å²) in [6.45, 7) is 7.67. The number of nitrogens with one attached hydrogen (secondary N) is 2. The van der Waals surface area contributed by atoms with Crippen molar-refractivity contribution in [1.29, 1.82) is 0 Å². The van der Waals surface area contributed by atoms with E-state index in [9.17, 15) is 14.4 Å². The van der Waals surface area contributed by atoms with Gasteiger partial charge in [-0.1, -0.05) is 96.1 Å². The highest BCUT2D eigenvalue weighted by molar-refractivity contribution is 5.88. The fourth-order valence-corrected chi connectivity index (χ4v) is 5.67. The highest BCUT2D eigenvalue weighted by Gasteiger charge is 2.10. The minimum absolute atomic E-state index is 0.0132. The van der Waals surface area contributed by atoms with E-state index >= 15 is 0 Å². The Morgan fingerprint density at radius 1 is 0.611 bits per heavy atom. The van der Waals surface area contributed by atoms with Crippen molar-refractivity contribution in [3.8, 4) is 28.3 Å². The van der Waals surface area contributed by atoms with Crippen LogP contribution in [0.4, 0.5) is 0 Å². The normalized spacial score (nSPS) is 10.4. The van der Waals surface area contributed by atoms with Gasteiger partial charge in [0.25, 0.3) is 0 Å². The van der Waals surface area contributed by atoms with Crippen molar-refractivity contribution in [2.24, 2.45) is 0 Å². The van der Waals surface area contributed by atoms with Crippen LogP contribution in [0.2, 0.25) is 0 Å². The molecule has 9 heteroatoms. The molecule has 0 unspecified atom stereocenters. The van der Waals surface area contributed by atoms with Crippen LogP contribution in [0.1, 0.15) is 50.7 Å². The topological polar surface area (TPSA) is 131 Å². The smallest absolute Gasteiger partial charge is 0.335 e. The zero-order valence-corrected chi connectivity index (χ0v) is 30.7. The molecule has 6 rings (SSSR count). The number of amides is 2. The molecule has 0 bridgehead atoms. The van der Waals surface area contributed by atoms with Crippen molar-refractivity contribution in [2.45, 2.75) is 46.7 Å². The third kappa shape index (κ3) is 11.7. The van der Waals surface area contributed by atoms with Crippen LogP contribution in [0, 0.1) is 13.8 Å². The van der Waals surface area contributed by atoms with E-state index in [0.717, 1.165) is 56.1 Å². The average molecular weight is 721 g/mol. The first-order valence-corrected chi connectivity index (χ1v) is 17.8. The van der Waals surface area contributed by atoms with E-state index in [1.807, 2.05) is 112 Å². The molecule has 2 amide bonds. The lowest BCUT2D eigenvalue weighted by Crippen LogP contribution is -2.24. The van der Waals surface area contributed by atoms with Crippen LogP contribution in [0.3, 0.4) is 0 Å². The number of ether oxygens (including phenoxy) is 1. The van der Waals surface area contributed by atoms with E-state index in [4.69, 9.17) is 9.84 Å². The highest BCUT2D eigenvalue weighted by Crippen LogP contribution is 2.28. The number of rotatable bonds is 13. The number of carboxylic acid groups (broad SMARTS) is 1. The maximum atomic E-state index is 12.2. The zero-order chi connectivity index (χ0) is 38.3. The first kappa shape index (κ1) is 38.6. The molecule has 54 heavy (non-hydrogen) atoms. The monoisotopic (exact) mass is 720 g/mol. The van der Waals surface area contributed by atoms with Crippen LogP contribution in [0.5, 0.6) is 5.75 Å². The Labute approximate surface area is 316 Å². The van der Waals surface area contributed by atoms with Gasteiger partial charge in [0.15, 0.2) is 0 Å². The average Bonchev–Trinajstić information content (AvgIpc) is 3.18. The first-order valence-electron chi connectivity index (χ1n) is 17.8. The summed E-state index contributed by atoms with van der Waals surface area (Å²) in [6, 6.07) is 38.1. The van der Waals surface area contributed by atoms with Gasteiger partial charge in [-0.15, -0.1) is 0 Å². The number of aryl methyl sites for hydroxylation is 2. The Bertz CT molecular complexity index is 2170. The zero-order valence-electron chi connectivity index (χ0n) is 30.7. The van der Waals surface area contributed by atoms with Crippen LogP contribution in [0.25, 0.3) is 22.5 Å². The van der Waals surface area contributed by atoms with Crippen molar-refractivity contribution in [2.75, 3.05) is 6.61 Å². The lowest BCUT2D eigenvalue weighted by Gasteiger charge is -2.10. The summed E-state index contributed by atoms with van der Waals surface area (Å²) in [6.07, 6.45) is 4.00. The second kappa shape index (κ2) is 19.3. The lowest BCUT2D eigenvalue weighted by molar-refractivity contribution is -0.121. The van der Waals surface area contributed by atoms with E-state index in [1.54, 1.807) is 36.7 Å². The number of carbonyl (C=O) groups is 3. The number of para-hydroxylation sites is 1. The van der Waals surface area contributed by atoms with Gasteiger partial charge in [0.2, 0.25) is 11.8 Å². The predicted molar refractivity (Wildman–Crippen MR) is 211 cm³/mol. The molecule has 6 aromatic rings. The Morgan fingerprint density at radius 2 is 1.15 bits per heavy atom. The van der Waals surface area contributed by atoms with Crippen LogP contribution in [-0.4, -0.2) is 39.5 Å². The summed E-state index contributed by atoms with van der Waals surface area (Å²) in [5.74, 6) is -0.213. The molecule has 0 aliphatic rings. The molecule has 0 fully saturated rings. The summed E-state index contributed by atoms with van der Waals surface area (Å²) >= 11 is 0. The van der Waals surface area contributed by atoms with Gasteiger partial charge in [0.05, 0.1) is 36.4 Å². The number of hydrogen-bond acceptors (Lipinski definition) is 6. The molecule has 3 N–H and O–H groups in total. The molecule has 0 saturated heterocycles. The molecular weight excluding hydrogens is 677 g/mol. The second-order valence-corrected chi connectivity index (χ2v) is 12.8. The van der Waals surface area contributed by atoms with E-state index in [1.165, 1.54) is 5.56 Å². The highest BCUT2D eigenvalue weighted by atomic mass is 16.5. The Balaban J connectivity index is 0.000000208. The minimum Gasteiger partial charge on any atom is -0.493 e. The van der Waals surface area contributed by atoms with Crippen LogP contribution < -0.4 is 15.4 Å². The number of benzene rings is 4. The molecule has 4 aromatic carbocycles. The number of pyridine rings is 2. The van der Waals surface area contributed by atoms with Crippen LogP contribution >= 0.6 is 0 Å². The summed E-state index contributed by atoms with van der Waals surface area (Å²) in [5.41, 5.74) is 9.82. The number of carboxylic acids is 1. The second-order valence-electron chi connectivity index (χ2n) is 12.8. The van der Waals surface area contributed by atoms with Crippen molar-refractivity contribution in [3.05, 3.63) is 173 Å². The van der Waals surface area contributed by atoms with Crippen molar-refractivity contribution < 1.29 is 24.2 Å². The van der Waals surface area contributed by atoms with Gasteiger partial charge in [0.1, 0.15) is 5.75 Å². The van der Waals surface area contributed by atoms with Gasteiger partial charge >= 0.3 is 5.97 Å². The molecule has 0 atom stereocenters. The molecule has 0 spiro atoms. The first-order chi connectivity index (χ1) is 26.2. The molecular formula is C45H44N4O5. The summed E-state index contributed by atoms with van der Waals surface area (Å²) in [5, 5.41) is 14.8. The van der Waals surface area contributed by atoms with Crippen LogP contribution in [-0.2, 0) is 35.5 Å². The number of nitrogens with zero attached hydrogens (tertiary/aromatic N) is 2. The fourth-order valence-electron chi connectivity index (χ4n) is 5.67. The molecule has 274 valence electrons. The largest absolute Gasteiger partial charge is 0.493 e. The quantitative estimate of drug-likeness (QED) is 0.111. The number of aromatic nitrogens is 2. The number of hydrogen-bond donors (Lipinski definition) is 3. The summed E-state index contributed by atoms with van der Waals surface area (Å²) < 4.78 is 5.66. The molecule has 2 heterocycles. The van der Waals surface area contributed by atoms with E-state index in [0.29, 0.717) is 26.1 Å². The van der Waals surface area contributed by atoms with Gasteiger partial charge < -0.3 is 20.5 Å². The van der Waals surface area contributed by atoms with E-state index in [2.05, 4.69) is 26.7 Å². The Hall–Kier alpha value is -6.61. The molecule has 0 radical (unpaired) electrons. The fraction of sp³-hybridized carbons (Fsp3) is 0.178. The van der Waals surface area contributed by atoms with Crippen LogP contribution in [0.15, 0.2) is 134 Å². The Kier molecular flexibility index (Phi) is 13.8. The standard InChI is InChI=1S/C23H24N2O2.C22H20N2O3/c1-3-27-22-10-5-4-9-20(22)21-12-11-19(15-24-21)14-23(26)25-16-18-8-6-7-17(2)13-18;1-15-3-2-4-16(11-15)14-24-21(25)12-17-5-10-20(23-13-17)18-6-8-19(9-7-18)22(26)27/h4-13,15H,3,14,16H2,1-2H3,(H,25,26);2-11,13H,12,14H2,1H3,(H,24,25)(H,26,27). The van der Waals surface area contributed by atoms with Crippen molar-refractivity contribution in [1.82, 2.24) is 20.6 Å². The summed E-state index contributed by atoms with van der Waals surface area (Å²) in [4.78, 5) is 44.1. The van der Waals surface area contributed by atoms with E-state index < -0.39 is 5.97 Å². The van der Waals surface area contributed by atoms with E-state index in [-0.39, 0.29) is 23.8 Å². The van der Waals surface area contributed by atoms with Crippen molar-refractivity contribution in [3.63, 3.8) is 0 Å². The van der Waals surface area contributed by atoms with Gasteiger partial charge in [0, 0.05) is 36.6 Å². The van der Waals surface area contributed by atoms with Gasteiger partial charge in [-0.25, -0.2) is 4.79 Å². The third-order valence-corrected chi connectivity index (χ3v) is 8.41. The molecule has 0 saturated carbocycles. The van der Waals surface area contributed by atoms with Crippen molar-refractivity contribution >= 4 is 17.8 Å². The third-order valence-electron chi connectivity index (χ3n) is 8.41. The van der Waals surface area contributed by atoms with Gasteiger partial charge in [-0.05, 0) is 79.4 Å². The molecule has 0 aliphatic carbocycles. The predicted octanol–water partition coefficient (Wildman–Crippen LogP) is 7.93. The maximum Gasteiger partial charge on any atom is 0.335 e.